The Labute approximate surface area is 159 Å². The molecule has 0 unspecified atom stereocenters. The third-order valence-corrected chi connectivity index (χ3v) is 6.19. The van der Waals surface area contributed by atoms with Crippen molar-refractivity contribution in [3.05, 3.63) is 45.3 Å². The second-order valence-corrected chi connectivity index (χ2v) is 8.43. The smallest absolute Gasteiger partial charge is 0.267 e. The van der Waals surface area contributed by atoms with Crippen molar-refractivity contribution in [1.29, 1.82) is 0 Å². The van der Waals surface area contributed by atoms with E-state index in [4.69, 9.17) is 10.1 Å². The molecule has 0 saturated heterocycles. The van der Waals surface area contributed by atoms with Crippen LogP contribution in [0.3, 0.4) is 0 Å². The van der Waals surface area contributed by atoms with Crippen molar-refractivity contribution in [2.75, 3.05) is 5.32 Å². The number of nitrogens with zero attached hydrogens (tertiary/aromatic N) is 4. The van der Waals surface area contributed by atoms with Gasteiger partial charge in [0.05, 0.1) is 11.7 Å². The lowest BCUT2D eigenvalue weighted by Gasteiger charge is -2.30. The minimum absolute atomic E-state index is 0.0764. The molecule has 2 aromatic rings. The molecule has 1 N–H and O–H groups in total. The first-order valence-electron chi connectivity index (χ1n) is 10.4. The molecule has 6 nitrogen and oxygen atoms in total. The average Bonchev–Trinajstić information content (AvgIpc) is 3.41. The number of rotatable bonds is 4. The fourth-order valence-electron chi connectivity index (χ4n) is 4.54. The maximum absolute atomic E-state index is 12.5. The SMILES string of the molecule is Cc1cc(NC2CCC(n3nc4c(cc3=O)CCC4)CC2)nc(C2CC2)n1. The summed E-state index contributed by atoms with van der Waals surface area (Å²) in [4.78, 5) is 21.8. The molecule has 0 radical (unpaired) electrons. The van der Waals surface area contributed by atoms with Crippen molar-refractivity contribution in [3.63, 3.8) is 0 Å². The van der Waals surface area contributed by atoms with E-state index in [-0.39, 0.29) is 11.6 Å². The van der Waals surface area contributed by atoms with E-state index in [9.17, 15) is 4.79 Å². The maximum Gasteiger partial charge on any atom is 0.267 e. The van der Waals surface area contributed by atoms with Gasteiger partial charge in [0, 0.05) is 29.8 Å². The number of aromatic nitrogens is 4. The number of anilines is 1. The number of nitrogens with one attached hydrogen (secondary N) is 1. The summed E-state index contributed by atoms with van der Waals surface area (Å²) in [6.07, 6.45) is 9.65. The number of aryl methyl sites for hydroxylation is 3. The van der Waals surface area contributed by atoms with Gasteiger partial charge in [-0.2, -0.15) is 5.10 Å². The van der Waals surface area contributed by atoms with E-state index in [1.54, 1.807) is 4.68 Å². The van der Waals surface area contributed by atoms with Crippen LogP contribution in [-0.2, 0) is 12.8 Å². The van der Waals surface area contributed by atoms with Crippen molar-refractivity contribution in [2.24, 2.45) is 0 Å². The first-order chi connectivity index (χ1) is 13.2. The molecule has 5 rings (SSSR count). The average molecular weight is 365 g/mol. The van der Waals surface area contributed by atoms with E-state index < -0.39 is 0 Å². The molecule has 0 aliphatic heterocycles. The second kappa shape index (κ2) is 6.73. The van der Waals surface area contributed by atoms with Gasteiger partial charge in [-0.05, 0) is 70.3 Å². The van der Waals surface area contributed by atoms with Crippen molar-refractivity contribution in [1.82, 2.24) is 19.7 Å². The van der Waals surface area contributed by atoms with Crippen LogP contribution < -0.4 is 10.9 Å². The highest BCUT2D eigenvalue weighted by Crippen LogP contribution is 2.38. The van der Waals surface area contributed by atoms with Gasteiger partial charge in [-0.25, -0.2) is 14.6 Å². The summed E-state index contributed by atoms with van der Waals surface area (Å²) in [6, 6.07) is 4.51. The summed E-state index contributed by atoms with van der Waals surface area (Å²) < 4.78 is 1.76. The molecule has 2 fully saturated rings. The largest absolute Gasteiger partial charge is 0.367 e. The van der Waals surface area contributed by atoms with Crippen LogP contribution in [0.2, 0.25) is 0 Å². The van der Waals surface area contributed by atoms with Crippen LogP contribution in [0.5, 0.6) is 0 Å². The minimum atomic E-state index is 0.0764. The summed E-state index contributed by atoms with van der Waals surface area (Å²) in [5, 5.41) is 8.31. The second-order valence-electron chi connectivity index (χ2n) is 8.43. The lowest BCUT2D eigenvalue weighted by molar-refractivity contribution is 0.301. The van der Waals surface area contributed by atoms with Gasteiger partial charge in [-0.1, -0.05) is 0 Å². The summed E-state index contributed by atoms with van der Waals surface area (Å²) in [6.45, 7) is 2.04. The Morgan fingerprint density at radius 1 is 1.04 bits per heavy atom. The monoisotopic (exact) mass is 365 g/mol. The lowest BCUT2D eigenvalue weighted by Crippen LogP contribution is -2.34. The Morgan fingerprint density at radius 3 is 2.63 bits per heavy atom. The van der Waals surface area contributed by atoms with Crippen LogP contribution in [0.15, 0.2) is 16.9 Å². The Hall–Kier alpha value is -2.24. The van der Waals surface area contributed by atoms with Crippen LogP contribution in [0.25, 0.3) is 0 Å². The van der Waals surface area contributed by atoms with Crippen molar-refractivity contribution in [2.45, 2.75) is 82.7 Å². The van der Waals surface area contributed by atoms with Gasteiger partial charge in [0.15, 0.2) is 0 Å². The van der Waals surface area contributed by atoms with Gasteiger partial charge in [0.2, 0.25) is 0 Å². The predicted octanol–water partition coefficient (Wildman–Crippen LogP) is 3.30. The van der Waals surface area contributed by atoms with E-state index in [1.165, 1.54) is 12.8 Å². The van der Waals surface area contributed by atoms with E-state index >= 15 is 0 Å². The van der Waals surface area contributed by atoms with Crippen molar-refractivity contribution >= 4 is 5.82 Å². The van der Waals surface area contributed by atoms with Gasteiger partial charge in [-0.3, -0.25) is 4.79 Å². The first kappa shape index (κ1) is 16.9. The van der Waals surface area contributed by atoms with Crippen LogP contribution >= 0.6 is 0 Å². The Kier molecular flexibility index (Phi) is 4.21. The third-order valence-electron chi connectivity index (χ3n) is 6.19. The van der Waals surface area contributed by atoms with Crippen molar-refractivity contribution < 1.29 is 0 Å². The summed E-state index contributed by atoms with van der Waals surface area (Å²) in [7, 11) is 0. The molecule has 3 aliphatic rings. The molecule has 3 aliphatic carbocycles. The quantitative estimate of drug-likeness (QED) is 0.900. The zero-order valence-corrected chi connectivity index (χ0v) is 15.9. The van der Waals surface area contributed by atoms with E-state index in [1.807, 2.05) is 19.1 Å². The fraction of sp³-hybridized carbons (Fsp3) is 0.619. The molecule has 2 aromatic heterocycles. The van der Waals surface area contributed by atoms with E-state index in [2.05, 4.69) is 10.3 Å². The summed E-state index contributed by atoms with van der Waals surface area (Å²) in [5.41, 5.74) is 3.42. The normalized spacial score (nSPS) is 24.6. The molecule has 0 spiro atoms. The Balaban J connectivity index is 1.25. The molecule has 0 amide bonds. The molecule has 0 atom stereocenters. The minimum Gasteiger partial charge on any atom is -0.367 e. The molecule has 0 bridgehead atoms. The molecule has 27 heavy (non-hydrogen) atoms. The molecular weight excluding hydrogens is 338 g/mol. The standard InChI is InChI=1S/C21H27N5O/c1-13-11-19(24-21(22-13)14-5-6-14)23-16-7-9-17(10-8-16)26-20(27)12-15-3-2-4-18(15)25-26/h11-12,14,16-17H,2-10H2,1H3,(H,22,23,24). The topological polar surface area (TPSA) is 72.7 Å². The van der Waals surface area contributed by atoms with E-state index in [0.29, 0.717) is 12.0 Å². The Morgan fingerprint density at radius 2 is 1.85 bits per heavy atom. The van der Waals surface area contributed by atoms with Crippen LogP contribution in [0.1, 0.15) is 79.7 Å². The lowest BCUT2D eigenvalue weighted by atomic mass is 9.91. The maximum atomic E-state index is 12.5. The van der Waals surface area contributed by atoms with Crippen LogP contribution in [0.4, 0.5) is 5.82 Å². The van der Waals surface area contributed by atoms with Gasteiger partial charge in [-0.15, -0.1) is 0 Å². The molecule has 142 valence electrons. The molecule has 6 heteroatoms. The third kappa shape index (κ3) is 3.49. The summed E-state index contributed by atoms with van der Waals surface area (Å²) in [5.74, 6) is 2.53. The predicted molar refractivity (Wildman–Crippen MR) is 104 cm³/mol. The zero-order chi connectivity index (χ0) is 18.4. The number of fused-ring (bicyclic) bond motifs is 1. The van der Waals surface area contributed by atoms with Gasteiger partial charge >= 0.3 is 0 Å². The first-order valence-corrected chi connectivity index (χ1v) is 10.4. The van der Waals surface area contributed by atoms with E-state index in [0.717, 1.165) is 73.5 Å². The van der Waals surface area contributed by atoms with Crippen LogP contribution in [0, 0.1) is 6.92 Å². The van der Waals surface area contributed by atoms with Crippen LogP contribution in [-0.4, -0.2) is 25.8 Å². The molecule has 0 aromatic carbocycles. The molecule has 2 saturated carbocycles. The molecule has 2 heterocycles. The fourth-order valence-corrected chi connectivity index (χ4v) is 4.54. The van der Waals surface area contributed by atoms with Crippen molar-refractivity contribution in [3.8, 4) is 0 Å². The highest BCUT2D eigenvalue weighted by Gasteiger charge is 2.28. The van der Waals surface area contributed by atoms with Gasteiger partial charge in [0.1, 0.15) is 11.6 Å². The number of hydrogen-bond donors (Lipinski definition) is 1. The Bertz CT molecular complexity index is 909. The molecular formula is C21H27N5O. The summed E-state index contributed by atoms with van der Waals surface area (Å²) >= 11 is 0. The zero-order valence-electron chi connectivity index (χ0n) is 15.9. The van der Waals surface area contributed by atoms with Gasteiger partial charge < -0.3 is 5.32 Å². The number of hydrogen-bond acceptors (Lipinski definition) is 5. The highest BCUT2D eigenvalue weighted by molar-refractivity contribution is 5.38. The van der Waals surface area contributed by atoms with Gasteiger partial charge in [0.25, 0.3) is 5.56 Å². The highest BCUT2D eigenvalue weighted by atomic mass is 16.1.